The highest BCUT2D eigenvalue weighted by molar-refractivity contribution is 6.46. The number of nitrogens with one attached hydrogen (secondary N) is 1. The van der Waals surface area contributed by atoms with E-state index < -0.39 is 12.1 Å². The quantitative estimate of drug-likeness (QED) is 0.685. The van der Waals surface area contributed by atoms with Gasteiger partial charge in [-0.25, -0.2) is 9.79 Å². The topological polar surface area (TPSA) is 89.8 Å². The Morgan fingerprint density at radius 1 is 1.18 bits per heavy atom. The molecule has 176 valence electrons. The summed E-state index contributed by atoms with van der Waals surface area (Å²) in [6.07, 6.45) is 1.48. The molecule has 0 aliphatic carbocycles. The predicted octanol–water partition coefficient (Wildman–Crippen LogP) is 3.10. The molecule has 1 saturated heterocycles. The van der Waals surface area contributed by atoms with E-state index >= 15 is 0 Å². The van der Waals surface area contributed by atoms with E-state index in [4.69, 9.17) is 21.3 Å². The number of hydrogen-bond donors (Lipinski definition) is 2. The highest BCUT2D eigenvalue weighted by Crippen LogP contribution is 2.28. The molecule has 2 aromatic carbocycles. The number of ether oxygens (including phenoxy) is 1. The number of aromatic carboxylic acids is 1. The molecule has 5 rings (SSSR count). The summed E-state index contributed by atoms with van der Waals surface area (Å²) in [5.74, 6) is -0.607. The fourth-order valence-electron chi connectivity index (χ4n) is 4.22. The number of carbonyl (C=O) groups is 1. The number of aliphatic imine (C=N–C) groups is 2. The minimum absolute atomic E-state index is 0.190. The average Bonchev–Trinajstić information content (AvgIpc) is 3.14. The number of anilines is 1. The molecule has 3 aliphatic rings. The molecule has 2 N–H and O–H groups in total. The second-order valence-electron chi connectivity index (χ2n) is 8.96. The van der Waals surface area contributed by atoms with E-state index in [0.717, 1.165) is 18.7 Å². The fourth-order valence-corrected chi connectivity index (χ4v) is 4.51. The van der Waals surface area contributed by atoms with Crippen LogP contribution in [0.5, 0.6) is 5.75 Å². The first-order valence-electron chi connectivity index (χ1n) is 11.1. The van der Waals surface area contributed by atoms with E-state index in [1.165, 1.54) is 11.8 Å². The average molecular weight is 480 g/mol. The molecule has 1 fully saturated rings. The number of aryl methyl sites for hydroxylation is 1. The van der Waals surface area contributed by atoms with Gasteiger partial charge in [-0.05, 0) is 56.9 Å². The molecular formula is C25H26ClN5O3. The molecule has 9 heteroatoms. The number of amidine groups is 1. The minimum Gasteiger partial charge on any atom is -0.478 e. The lowest BCUT2D eigenvalue weighted by atomic mass is 10.0. The van der Waals surface area contributed by atoms with Crippen molar-refractivity contribution in [2.24, 2.45) is 9.98 Å². The minimum atomic E-state index is -1.00. The third kappa shape index (κ3) is 4.26. The van der Waals surface area contributed by atoms with Crippen molar-refractivity contribution in [3.05, 3.63) is 70.3 Å². The van der Waals surface area contributed by atoms with Crippen LogP contribution >= 0.6 is 11.6 Å². The number of dihydropyridines is 1. The normalized spacial score (nSPS) is 21.8. The summed E-state index contributed by atoms with van der Waals surface area (Å²) >= 11 is 6.58. The molecule has 0 bridgehead atoms. The Kier molecular flexibility index (Phi) is 5.79. The summed E-state index contributed by atoms with van der Waals surface area (Å²) in [6, 6.07) is 13.8. The number of halogens is 1. The fraction of sp³-hybridized carbons (Fsp3) is 0.320. The number of benzene rings is 2. The van der Waals surface area contributed by atoms with Gasteiger partial charge in [-0.15, -0.1) is 0 Å². The monoisotopic (exact) mass is 479 g/mol. The van der Waals surface area contributed by atoms with Crippen molar-refractivity contribution in [1.29, 1.82) is 0 Å². The van der Waals surface area contributed by atoms with Crippen LogP contribution in [0.4, 0.5) is 5.69 Å². The molecule has 0 spiro atoms. The Morgan fingerprint density at radius 2 is 1.91 bits per heavy atom. The standard InChI is InChI=1S/C25H26ClN5O3/c1-14-4-9-18(10-19(14)24(32)33)34-25-27-21-11-20(26)22(28-23(21)29-25)15-5-7-16(8-6-15)31-12-17(13-31)30(2)3/h4-11,17,21,23H,12-13H2,1-3H3,(H,27,29)(H,32,33). The van der Waals surface area contributed by atoms with Crippen LogP contribution in [0, 0.1) is 6.92 Å². The molecular weight excluding hydrogens is 454 g/mol. The Balaban J connectivity index is 1.30. The molecule has 0 saturated carbocycles. The smallest absolute Gasteiger partial charge is 0.336 e. The maximum absolute atomic E-state index is 11.4. The first-order chi connectivity index (χ1) is 16.3. The molecule has 2 atom stereocenters. The SMILES string of the molecule is Cc1ccc(OC2=NC3N=C(c4ccc(N5CC(N(C)C)C5)cc4)C(Cl)=CC3N2)cc1C(=O)O. The number of fused-ring (bicyclic) bond motifs is 1. The van der Waals surface area contributed by atoms with Crippen LogP contribution in [0.2, 0.25) is 0 Å². The van der Waals surface area contributed by atoms with Crippen molar-refractivity contribution in [2.75, 3.05) is 32.1 Å². The lowest BCUT2D eigenvalue weighted by Gasteiger charge is -2.44. The van der Waals surface area contributed by atoms with Crippen molar-refractivity contribution in [1.82, 2.24) is 10.2 Å². The molecule has 8 nitrogen and oxygen atoms in total. The summed E-state index contributed by atoms with van der Waals surface area (Å²) < 4.78 is 5.80. The van der Waals surface area contributed by atoms with Crippen LogP contribution in [0.15, 0.2) is 63.6 Å². The molecule has 3 heterocycles. The summed E-state index contributed by atoms with van der Waals surface area (Å²) in [7, 11) is 4.22. The largest absolute Gasteiger partial charge is 0.478 e. The second kappa shape index (κ2) is 8.77. The third-order valence-corrected chi connectivity index (χ3v) is 6.73. The molecule has 34 heavy (non-hydrogen) atoms. The van der Waals surface area contributed by atoms with Crippen LogP contribution in [0.3, 0.4) is 0 Å². The van der Waals surface area contributed by atoms with Crippen molar-refractivity contribution < 1.29 is 14.6 Å². The van der Waals surface area contributed by atoms with Gasteiger partial charge in [-0.3, -0.25) is 4.99 Å². The summed E-state index contributed by atoms with van der Waals surface area (Å²) in [5, 5.41) is 13.1. The second-order valence-corrected chi connectivity index (χ2v) is 9.37. The summed E-state index contributed by atoms with van der Waals surface area (Å²) in [6.45, 7) is 3.79. The third-order valence-electron chi connectivity index (χ3n) is 6.43. The number of rotatable bonds is 5. The van der Waals surface area contributed by atoms with Crippen molar-refractivity contribution >= 4 is 35.0 Å². The van der Waals surface area contributed by atoms with E-state index in [1.54, 1.807) is 19.1 Å². The van der Waals surface area contributed by atoms with Gasteiger partial charge in [-0.2, -0.15) is 0 Å². The van der Waals surface area contributed by atoms with Gasteiger partial charge < -0.3 is 25.0 Å². The molecule has 2 unspecified atom stereocenters. The van der Waals surface area contributed by atoms with Gasteiger partial charge in [0, 0.05) is 30.4 Å². The summed E-state index contributed by atoms with van der Waals surface area (Å²) in [4.78, 5) is 25.3. The zero-order valence-electron chi connectivity index (χ0n) is 19.2. The Labute approximate surface area is 203 Å². The Hall–Kier alpha value is -3.36. The van der Waals surface area contributed by atoms with E-state index in [0.29, 0.717) is 28.1 Å². The number of carboxylic acid groups (broad SMARTS) is 1. The number of hydrogen-bond acceptors (Lipinski definition) is 7. The van der Waals surface area contributed by atoms with Gasteiger partial charge in [-0.1, -0.05) is 29.8 Å². The van der Waals surface area contributed by atoms with E-state index in [1.807, 2.05) is 18.2 Å². The lowest BCUT2D eigenvalue weighted by molar-refractivity contribution is 0.0695. The van der Waals surface area contributed by atoms with E-state index in [-0.39, 0.29) is 17.6 Å². The molecule has 0 aromatic heterocycles. The van der Waals surface area contributed by atoms with Gasteiger partial charge in [0.25, 0.3) is 6.02 Å². The number of nitrogens with zero attached hydrogens (tertiary/aromatic N) is 4. The molecule has 0 radical (unpaired) electrons. The van der Waals surface area contributed by atoms with Crippen LogP contribution in [0.1, 0.15) is 21.5 Å². The molecule has 2 aromatic rings. The first-order valence-corrected chi connectivity index (χ1v) is 11.5. The van der Waals surface area contributed by atoms with E-state index in [9.17, 15) is 9.90 Å². The maximum Gasteiger partial charge on any atom is 0.336 e. The number of allylic oxidation sites excluding steroid dienone is 1. The van der Waals surface area contributed by atoms with Crippen molar-refractivity contribution in [3.8, 4) is 5.75 Å². The van der Waals surface area contributed by atoms with E-state index in [2.05, 4.69) is 46.3 Å². The maximum atomic E-state index is 11.4. The van der Waals surface area contributed by atoms with Gasteiger partial charge in [0.15, 0.2) is 6.17 Å². The van der Waals surface area contributed by atoms with Gasteiger partial charge in [0.2, 0.25) is 0 Å². The lowest BCUT2D eigenvalue weighted by Crippen LogP contribution is -2.57. The molecule has 3 aliphatic heterocycles. The summed E-state index contributed by atoms with van der Waals surface area (Å²) in [5.41, 5.74) is 3.67. The molecule has 0 amide bonds. The predicted molar refractivity (Wildman–Crippen MR) is 134 cm³/mol. The van der Waals surface area contributed by atoms with Gasteiger partial charge >= 0.3 is 5.97 Å². The Morgan fingerprint density at radius 3 is 2.59 bits per heavy atom. The Bertz CT molecular complexity index is 1220. The van der Waals surface area contributed by atoms with Crippen LogP contribution in [-0.2, 0) is 0 Å². The highest BCUT2D eigenvalue weighted by Gasteiger charge is 2.33. The van der Waals surface area contributed by atoms with Gasteiger partial charge in [0.05, 0.1) is 22.3 Å². The number of carboxylic acids is 1. The first kappa shape index (κ1) is 22.4. The highest BCUT2D eigenvalue weighted by atomic mass is 35.5. The zero-order valence-corrected chi connectivity index (χ0v) is 20.0. The van der Waals surface area contributed by atoms with Crippen LogP contribution in [-0.4, -0.2) is 73.1 Å². The van der Waals surface area contributed by atoms with Crippen molar-refractivity contribution in [3.63, 3.8) is 0 Å². The number of likely N-dealkylation sites (N-methyl/N-ethyl adjacent to an activating group) is 1. The van der Waals surface area contributed by atoms with Crippen LogP contribution < -0.4 is 15.0 Å². The van der Waals surface area contributed by atoms with Crippen LogP contribution in [0.25, 0.3) is 0 Å². The zero-order chi connectivity index (χ0) is 24.0. The van der Waals surface area contributed by atoms with Crippen molar-refractivity contribution in [2.45, 2.75) is 25.2 Å². The van der Waals surface area contributed by atoms with Gasteiger partial charge in [0.1, 0.15) is 5.75 Å².